The smallest absolute Gasteiger partial charge is 0.262 e. The summed E-state index contributed by atoms with van der Waals surface area (Å²) in [6.45, 7) is 18.2. The van der Waals surface area contributed by atoms with E-state index in [9.17, 15) is 24.3 Å². The molecule has 9 aromatic heterocycles. The first-order valence-electron chi connectivity index (χ1n) is 23.5. The Balaban J connectivity index is 0.000000169. The number of H-pyrrole nitrogens is 2. The molecule has 0 radical (unpaired) electrons. The van der Waals surface area contributed by atoms with E-state index in [4.69, 9.17) is 57.2 Å². The second-order valence-electron chi connectivity index (χ2n) is 20.2. The highest BCUT2D eigenvalue weighted by Gasteiger charge is 2.20. The van der Waals surface area contributed by atoms with Gasteiger partial charge in [0.2, 0.25) is 5.95 Å². The first-order valence-corrected chi connectivity index (χ1v) is 25.1. The number of hydrogen-bond donors (Lipinski definition) is 8. The summed E-state index contributed by atoms with van der Waals surface area (Å²) in [6.07, 6.45) is 9.66. The van der Waals surface area contributed by atoms with Crippen LogP contribution in [0.15, 0.2) is 105 Å². The lowest BCUT2D eigenvalue weighted by atomic mass is 10.1. The molecular formula is C52H58Cl4N14O6. The van der Waals surface area contributed by atoms with Crippen molar-refractivity contribution in [3.05, 3.63) is 148 Å². The van der Waals surface area contributed by atoms with Crippen LogP contribution in [0, 0.1) is 0 Å². The van der Waals surface area contributed by atoms with Crippen molar-refractivity contribution in [3.8, 4) is 11.3 Å². The number of nitrogens with two attached hydrogens (primary N) is 1. The SMILES string of the molecule is CC(C)(C)Nc1nc(-c2cnc(N)nc2)cc2ccn(CCO)c(=O)c12.CC(C)(C)Nc1nc(Cl)cc2cc[nH]c(=O)c12.CC(C)(C)Nc1nc(Cl)cc2ccn(CCO)c(=O)c12.O=c1[nH]ccc2cc(Cl)nc(Cl)c12. The van der Waals surface area contributed by atoms with Gasteiger partial charge in [-0.2, -0.15) is 0 Å². The summed E-state index contributed by atoms with van der Waals surface area (Å²) in [6, 6.07) is 13.9. The fourth-order valence-electron chi connectivity index (χ4n) is 7.41. The van der Waals surface area contributed by atoms with E-state index in [1.165, 1.54) is 15.3 Å². The maximum Gasteiger partial charge on any atom is 0.262 e. The standard InChI is InChI=1S/C18H22N6O2.C14H18ClN3O2.C12H14ClN3O.C8H4Cl2N2O/c1-18(2,3)23-15-14-11(4-5-24(6-7-25)16(14)26)8-13(22-15)12-9-20-17(19)21-10-12;1-14(2,3)17-12-11-9(8-10(15)16-12)4-5-18(6-7-19)13(11)20;1-12(2,3)16-10-9-7(6-8(13)15-10)4-5-14-11(9)17;9-5-3-4-1-2-11-8(13)6(4)7(10)12-5/h4-5,8-10,25H,6-7H2,1-3H3,(H,22,23)(H2,19,20,21);4-5,8,19H,6-7H2,1-3H3,(H,16,17);4-6H,1-3H3,(H,14,17)(H,15,16);1-3H,(H,11,13). The molecule has 0 bridgehead atoms. The normalized spacial score (nSPS) is 11.6. The Morgan fingerprint density at radius 1 is 0.539 bits per heavy atom. The number of nitrogen functional groups attached to an aromatic ring is 1. The van der Waals surface area contributed by atoms with E-state index >= 15 is 0 Å². The number of rotatable bonds is 8. The van der Waals surface area contributed by atoms with Crippen molar-refractivity contribution in [2.45, 2.75) is 92.0 Å². The van der Waals surface area contributed by atoms with Crippen LogP contribution >= 0.6 is 46.4 Å². The Kier molecular flexibility index (Phi) is 18.5. The molecule has 400 valence electrons. The highest BCUT2D eigenvalue weighted by molar-refractivity contribution is 6.36. The zero-order chi connectivity index (χ0) is 55.9. The van der Waals surface area contributed by atoms with Gasteiger partial charge in [0.05, 0.1) is 40.5 Å². The van der Waals surface area contributed by atoms with Gasteiger partial charge in [-0.15, -0.1) is 0 Å². The maximum atomic E-state index is 12.8. The van der Waals surface area contributed by atoms with Gasteiger partial charge in [0.1, 0.15) is 38.1 Å². The Hall–Kier alpha value is -7.20. The molecule has 0 spiro atoms. The molecule has 0 atom stereocenters. The number of hydrogen-bond acceptors (Lipinski definition) is 16. The lowest BCUT2D eigenvalue weighted by Gasteiger charge is -2.23. The summed E-state index contributed by atoms with van der Waals surface area (Å²) < 4.78 is 2.94. The molecule has 24 heteroatoms. The molecule has 20 nitrogen and oxygen atoms in total. The van der Waals surface area contributed by atoms with Crippen molar-refractivity contribution in [1.82, 2.24) is 49.0 Å². The molecule has 0 aromatic carbocycles. The Labute approximate surface area is 455 Å². The van der Waals surface area contributed by atoms with E-state index in [1.807, 2.05) is 74.4 Å². The van der Waals surface area contributed by atoms with E-state index in [1.54, 1.807) is 67.4 Å². The van der Waals surface area contributed by atoms with E-state index < -0.39 is 0 Å². The quantitative estimate of drug-likeness (QED) is 0.0659. The van der Waals surface area contributed by atoms with Gasteiger partial charge in [0, 0.05) is 72.5 Å². The molecule has 9 N–H and O–H groups in total. The van der Waals surface area contributed by atoms with E-state index in [-0.39, 0.29) is 81.4 Å². The second-order valence-corrected chi connectivity index (χ2v) is 21.7. The van der Waals surface area contributed by atoms with Crippen LogP contribution in [0.3, 0.4) is 0 Å². The summed E-state index contributed by atoms with van der Waals surface area (Å²) in [5.74, 6) is 1.66. The molecular weight excluding hydrogens is 1060 g/mol. The van der Waals surface area contributed by atoms with Crippen molar-refractivity contribution in [3.63, 3.8) is 0 Å². The highest BCUT2D eigenvalue weighted by atomic mass is 35.5. The Morgan fingerprint density at radius 3 is 1.37 bits per heavy atom. The van der Waals surface area contributed by atoms with Crippen molar-refractivity contribution < 1.29 is 10.2 Å². The van der Waals surface area contributed by atoms with Gasteiger partial charge in [-0.3, -0.25) is 19.2 Å². The molecule has 0 amide bonds. The number of nitrogens with one attached hydrogen (secondary N) is 5. The van der Waals surface area contributed by atoms with Gasteiger partial charge in [0.15, 0.2) is 0 Å². The number of halogens is 4. The van der Waals surface area contributed by atoms with Gasteiger partial charge in [-0.1, -0.05) is 46.4 Å². The first kappa shape index (κ1) is 58.1. The van der Waals surface area contributed by atoms with Crippen LogP contribution < -0.4 is 43.9 Å². The van der Waals surface area contributed by atoms with Gasteiger partial charge in [0.25, 0.3) is 22.2 Å². The molecule has 0 saturated heterocycles. The third-order valence-electron chi connectivity index (χ3n) is 10.4. The third-order valence-corrected chi connectivity index (χ3v) is 11.3. The highest BCUT2D eigenvalue weighted by Crippen LogP contribution is 2.29. The fourth-order valence-corrected chi connectivity index (χ4v) is 8.35. The van der Waals surface area contributed by atoms with Crippen molar-refractivity contribution in [1.29, 1.82) is 0 Å². The number of aromatic nitrogens is 10. The van der Waals surface area contributed by atoms with Gasteiger partial charge < -0.3 is 51.0 Å². The molecule has 0 saturated carbocycles. The molecule has 9 rings (SSSR count). The number of aromatic amines is 2. The first-order chi connectivity index (χ1) is 35.6. The lowest BCUT2D eigenvalue weighted by molar-refractivity contribution is 0.274. The second kappa shape index (κ2) is 24.2. The minimum Gasteiger partial charge on any atom is -0.395 e. The number of fused-ring (bicyclic) bond motifs is 4. The Bertz CT molecular complexity index is 3790. The number of aliphatic hydroxyl groups is 2. The number of anilines is 4. The van der Waals surface area contributed by atoms with Crippen LogP contribution in [0.1, 0.15) is 62.3 Å². The van der Waals surface area contributed by atoms with Gasteiger partial charge >= 0.3 is 0 Å². The molecule has 76 heavy (non-hydrogen) atoms. The van der Waals surface area contributed by atoms with E-state index in [0.29, 0.717) is 65.9 Å². The molecule has 0 aliphatic heterocycles. The van der Waals surface area contributed by atoms with Crippen LogP contribution in [-0.2, 0) is 13.1 Å². The molecule has 0 aliphatic carbocycles. The minimum absolute atomic E-state index is 0.0888. The largest absolute Gasteiger partial charge is 0.395 e. The third kappa shape index (κ3) is 15.2. The van der Waals surface area contributed by atoms with E-state index in [0.717, 1.165) is 16.2 Å². The van der Waals surface area contributed by atoms with Crippen LogP contribution in [0.2, 0.25) is 20.6 Å². The summed E-state index contributed by atoms with van der Waals surface area (Å²) in [5, 5.41) is 33.8. The van der Waals surface area contributed by atoms with Crippen molar-refractivity contribution in [2.24, 2.45) is 0 Å². The van der Waals surface area contributed by atoms with Crippen LogP contribution in [0.4, 0.5) is 23.4 Å². The van der Waals surface area contributed by atoms with Crippen LogP contribution in [0.25, 0.3) is 54.3 Å². The molecule has 0 fully saturated rings. The molecule has 9 heterocycles. The van der Waals surface area contributed by atoms with Crippen molar-refractivity contribution >= 4 is 113 Å². The molecule has 0 unspecified atom stereocenters. The van der Waals surface area contributed by atoms with Crippen LogP contribution in [0.5, 0.6) is 0 Å². The average Bonchev–Trinajstić information content (AvgIpc) is 3.30. The number of nitrogens with zero attached hydrogens (tertiary/aromatic N) is 8. The predicted octanol–water partition coefficient (Wildman–Crippen LogP) is 8.91. The number of aliphatic hydroxyl groups excluding tert-OH is 2. The summed E-state index contributed by atoms with van der Waals surface area (Å²) in [5.41, 5.74) is 5.37. The predicted molar refractivity (Wildman–Crippen MR) is 307 cm³/mol. The van der Waals surface area contributed by atoms with E-state index in [2.05, 4.69) is 55.8 Å². The zero-order valence-electron chi connectivity index (χ0n) is 43.1. The Morgan fingerprint density at radius 2 is 0.921 bits per heavy atom. The number of pyridine rings is 8. The summed E-state index contributed by atoms with van der Waals surface area (Å²) in [7, 11) is 0. The summed E-state index contributed by atoms with van der Waals surface area (Å²) >= 11 is 23.4. The molecule has 0 aliphatic rings. The van der Waals surface area contributed by atoms with Gasteiger partial charge in [-0.25, -0.2) is 29.9 Å². The fraction of sp³-hybridized carbons (Fsp3) is 0.308. The molecule has 9 aromatic rings. The zero-order valence-corrected chi connectivity index (χ0v) is 46.1. The lowest BCUT2D eigenvalue weighted by Crippen LogP contribution is -2.29. The summed E-state index contributed by atoms with van der Waals surface area (Å²) in [4.78, 5) is 78.4. The maximum absolute atomic E-state index is 12.8. The monoisotopic (exact) mass is 1110 g/mol. The topological polar surface area (TPSA) is 290 Å². The average molecular weight is 1120 g/mol. The van der Waals surface area contributed by atoms with Crippen molar-refractivity contribution in [2.75, 3.05) is 34.9 Å². The van der Waals surface area contributed by atoms with Gasteiger partial charge in [-0.05, 0) is 132 Å². The van der Waals surface area contributed by atoms with Crippen LogP contribution in [-0.4, -0.2) is 89.0 Å². The minimum atomic E-state index is -0.291.